The molecule has 0 atom stereocenters. The minimum absolute atomic E-state index is 0.180. The minimum atomic E-state index is -0.185. The molecule has 2 N–H and O–H groups in total. The predicted molar refractivity (Wildman–Crippen MR) is 99.4 cm³/mol. The summed E-state index contributed by atoms with van der Waals surface area (Å²) in [6, 6.07) is 22.0. The lowest BCUT2D eigenvalue weighted by Gasteiger charge is -2.07. The molecule has 0 radical (unpaired) electrons. The Morgan fingerprint density at radius 3 is 2.58 bits per heavy atom. The molecule has 4 nitrogen and oxygen atoms in total. The molecule has 1 amide bonds. The Bertz CT molecular complexity index is 887. The van der Waals surface area contributed by atoms with Gasteiger partial charge in [0.05, 0.1) is 12.8 Å². The largest absolute Gasteiger partial charge is 0.376 e. The molecule has 0 saturated carbocycles. The number of carbonyl (C=O) groups excluding carboxylic acids is 1. The average molecular weight is 317 g/mol. The van der Waals surface area contributed by atoms with Crippen molar-refractivity contribution < 1.29 is 4.79 Å². The number of amides is 1. The molecule has 0 fully saturated rings. The van der Waals surface area contributed by atoms with Gasteiger partial charge in [-0.1, -0.05) is 54.6 Å². The fourth-order valence-electron chi connectivity index (χ4n) is 2.45. The van der Waals surface area contributed by atoms with Crippen LogP contribution < -0.4 is 10.7 Å². The van der Waals surface area contributed by atoms with Gasteiger partial charge in [-0.2, -0.15) is 5.10 Å². The van der Waals surface area contributed by atoms with E-state index in [-0.39, 0.29) is 12.5 Å². The summed E-state index contributed by atoms with van der Waals surface area (Å²) < 4.78 is 0. The van der Waals surface area contributed by atoms with Crippen LogP contribution in [0.2, 0.25) is 0 Å². The van der Waals surface area contributed by atoms with Gasteiger partial charge in [0.15, 0.2) is 0 Å². The lowest BCUT2D eigenvalue weighted by Crippen LogP contribution is -2.26. The van der Waals surface area contributed by atoms with Gasteiger partial charge in [0.1, 0.15) is 0 Å². The summed E-state index contributed by atoms with van der Waals surface area (Å²) in [7, 11) is 0. The van der Waals surface area contributed by atoms with Gasteiger partial charge in [-0.3, -0.25) is 4.79 Å². The summed E-state index contributed by atoms with van der Waals surface area (Å²) >= 11 is 0. The quantitative estimate of drug-likeness (QED) is 0.557. The molecule has 3 rings (SSSR count). The molecular weight excluding hydrogens is 298 g/mol. The number of aryl methyl sites for hydroxylation is 1. The van der Waals surface area contributed by atoms with E-state index in [4.69, 9.17) is 0 Å². The first kappa shape index (κ1) is 15.7. The SMILES string of the molecule is Cc1ccccc1NCC(=O)NN=Cc1ccc2ccccc2c1. The Kier molecular flexibility index (Phi) is 4.87. The van der Waals surface area contributed by atoms with Crippen molar-refractivity contribution in [3.63, 3.8) is 0 Å². The Balaban J connectivity index is 1.55. The van der Waals surface area contributed by atoms with Crippen molar-refractivity contribution in [2.75, 3.05) is 11.9 Å². The van der Waals surface area contributed by atoms with E-state index in [0.29, 0.717) is 0 Å². The van der Waals surface area contributed by atoms with Crippen LogP contribution in [0.5, 0.6) is 0 Å². The van der Waals surface area contributed by atoms with Crippen LogP contribution in [0.25, 0.3) is 10.8 Å². The molecule has 0 aliphatic carbocycles. The Morgan fingerprint density at radius 1 is 1.00 bits per heavy atom. The second kappa shape index (κ2) is 7.42. The summed E-state index contributed by atoms with van der Waals surface area (Å²) in [5.41, 5.74) is 5.53. The second-order valence-corrected chi connectivity index (χ2v) is 5.57. The number of nitrogens with zero attached hydrogens (tertiary/aromatic N) is 1. The van der Waals surface area contributed by atoms with E-state index >= 15 is 0 Å². The van der Waals surface area contributed by atoms with Crippen molar-refractivity contribution in [3.05, 3.63) is 77.9 Å². The van der Waals surface area contributed by atoms with Crippen molar-refractivity contribution in [1.29, 1.82) is 0 Å². The second-order valence-electron chi connectivity index (χ2n) is 5.57. The molecule has 4 heteroatoms. The normalized spacial score (nSPS) is 10.9. The molecule has 0 aliphatic rings. The summed E-state index contributed by atoms with van der Waals surface area (Å²) in [6.07, 6.45) is 1.65. The lowest BCUT2D eigenvalue weighted by atomic mass is 10.1. The fraction of sp³-hybridized carbons (Fsp3) is 0.100. The van der Waals surface area contributed by atoms with Crippen LogP contribution in [0.1, 0.15) is 11.1 Å². The molecule has 120 valence electrons. The first-order valence-corrected chi connectivity index (χ1v) is 7.82. The van der Waals surface area contributed by atoms with Gasteiger partial charge in [-0.15, -0.1) is 0 Å². The third kappa shape index (κ3) is 3.98. The zero-order chi connectivity index (χ0) is 16.8. The maximum absolute atomic E-state index is 11.8. The molecule has 24 heavy (non-hydrogen) atoms. The van der Waals surface area contributed by atoms with Crippen LogP contribution in [0.3, 0.4) is 0 Å². The van der Waals surface area contributed by atoms with Gasteiger partial charge < -0.3 is 5.32 Å². The topological polar surface area (TPSA) is 53.5 Å². The maximum atomic E-state index is 11.8. The van der Waals surface area contributed by atoms with Crippen molar-refractivity contribution in [1.82, 2.24) is 5.43 Å². The van der Waals surface area contributed by atoms with Gasteiger partial charge >= 0.3 is 0 Å². The van der Waals surface area contributed by atoms with E-state index in [9.17, 15) is 4.79 Å². The highest BCUT2D eigenvalue weighted by molar-refractivity contribution is 5.91. The Labute approximate surface area is 141 Å². The summed E-state index contributed by atoms with van der Waals surface area (Å²) in [6.45, 7) is 2.18. The number of benzene rings is 3. The fourth-order valence-corrected chi connectivity index (χ4v) is 2.45. The third-order valence-electron chi connectivity index (χ3n) is 3.76. The zero-order valence-corrected chi connectivity index (χ0v) is 13.5. The summed E-state index contributed by atoms with van der Waals surface area (Å²) in [5.74, 6) is -0.185. The third-order valence-corrected chi connectivity index (χ3v) is 3.76. The first-order chi connectivity index (χ1) is 11.7. The number of fused-ring (bicyclic) bond motifs is 1. The number of hydrogen-bond acceptors (Lipinski definition) is 3. The summed E-state index contributed by atoms with van der Waals surface area (Å²) in [4.78, 5) is 11.8. The number of para-hydroxylation sites is 1. The predicted octanol–water partition coefficient (Wildman–Crippen LogP) is 3.71. The molecule has 3 aromatic carbocycles. The highest BCUT2D eigenvalue weighted by Gasteiger charge is 2.01. The number of carbonyl (C=O) groups is 1. The smallest absolute Gasteiger partial charge is 0.259 e. The van der Waals surface area contributed by atoms with Crippen molar-refractivity contribution in [3.8, 4) is 0 Å². The van der Waals surface area contributed by atoms with Gasteiger partial charge in [-0.25, -0.2) is 5.43 Å². The standard InChI is InChI=1S/C20H19N3O/c1-15-6-2-5-9-19(15)21-14-20(24)23-22-13-16-10-11-17-7-3-4-8-18(17)12-16/h2-13,21H,14H2,1H3,(H,23,24). The number of rotatable bonds is 5. The van der Waals surface area contributed by atoms with E-state index in [2.05, 4.69) is 28.0 Å². The molecule has 0 aromatic heterocycles. The number of hydrazone groups is 1. The van der Waals surface area contributed by atoms with Gasteiger partial charge in [0.2, 0.25) is 0 Å². The van der Waals surface area contributed by atoms with E-state index in [1.807, 2.05) is 61.5 Å². The van der Waals surface area contributed by atoms with Gasteiger partial charge in [-0.05, 0) is 41.0 Å². The van der Waals surface area contributed by atoms with Crippen LogP contribution in [-0.4, -0.2) is 18.7 Å². The minimum Gasteiger partial charge on any atom is -0.376 e. The number of anilines is 1. The van der Waals surface area contributed by atoms with Gasteiger partial charge in [0.25, 0.3) is 5.91 Å². The van der Waals surface area contributed by atoms with Gasteiger partial charge in [0, 0.05) is 5.69 Å². The molecule has 0 saturated heterocycles. The molecule has 0 aliphatic heterocycles. The maximum Gasteiger partial charge on any atom is 0.259 e. The lowest BCUT2D eigenvalue weighted by molar-refractivity contribution is -0.119. The van der Waals surface area contributed by atoms with E-state index in [1.54, 1.807) is 6.21 Å². The molecule has 0 heterocycles. The van der Waals surface area contributed by atoms with E-state index in [1.165, 1.54) is 5.39 Å². The van der Waals surface area contributed by atoms with Crippen LogP contribution >= 0.6 is 0 Å². The van der Waals surface area contributed by atoms with E-state index < -0.39 is 0 Å². The Morgan fingerprint density at radius 2 is 1.75 bits per heavy atom. The first-order valence-electron chi connectivity index (χ1n) is 7.82. The van der Waals surface area contributed by atoms with E-state index in [0.717, 1.165) is 22.2 Å². The Hall–Kier alpha value is -3.14. The summed E-state index contributed by atoms with van der Waals surface area (Å²) in [5, 5.41) is 9.45. The molecule has 0 spiro atoms. The number of hydrogen-bond donors (Lipinski definition) is 2. The van der Waals surface area contributed by atoms with Crippen LogP contribution in [0.15, 0.2) is 71.8 Å². The van der Waals surface area contributed by atoms with Crippen LogP contribution in [-0.2, 0) is 4.79 Å². The molecule has 0 unspecified atom stereocenters. The van der Waals surface area contributed by atoms with Crippen molar-refractivity contribution in [2.45, 2.75) is 6.92 Å². The van der Waals surface area contributed by atoms with Crippen molar-refractivity contribution in [2.24, 2.45) is 5.10 Å². The van der Waals surface area contributed by atoms with Crippen LogP contribution in [0, 0.1) is 6.92 Å². The molecular formula is C20H19N3O. The number of nitrogens with one attached hydrogen (secondary N) is 2. The van der Waals surface area contributed by atoms with Crippen molar-refractivity contribution >= 4 is 28.6 Å². The highest BCUT2D eigenvalue weighted by atomic mass is 16.2. The average Bonchev–Trinajstić information content (AvgIpc) is 2.61. The monoisotopic (exact) mass is 317 g/mol. The van der Waals surface area contributed by atoms with Crippen LogP contribution in [0.4, 0.5) is 5.69 Å². The zero-order valence-electron chi connectivity index (χ0n) is 13.5. The molecule has 3 aromatic rings. The molecule has 0 bridgehead atoms. The highest BCUT2D eigenvalue weighted by Crippen LogP contribution is 2.14.